The van der Waals surface area contributed by atoms with Gasteiger partial charge in [-0.05, 0) is 18.9 Å². The number of hydrogen-bond acceptors (Lipinski definition) is 5. The van der Waals surface area contributed by atoms with Crippen molar-refractivity contribution in [2.24, 2.45) is 7.05 Å². The highest BCUT2D eigenvalue weighted by Gasteiger charge is 2.53. The lowest BCUT2D eigenvalue weighted by Gasteiger charge is -2.32. The maximum Gasteiger partial charge on any atom is 0.419 e. The van der Waals surface area contributed by atoms with Crippen molar-refractivity contribution >= 4 is 22.6 Å². The average Bonchev–Trinajstić information content (AvgIpc) is 3.44. The Morgan fingerprint density at radius 2 is 1.91 bits per heavy atom. The summed E-state index contributed by atoms with van der Waals surface area (Å²) in [6.07, 6.45) is -2.42. The fourth-order valence-electron chi connectivity index (χ4n) is 4.07. The molecule has 1 spiro atoms. The van der Waals surface area contributed by atoms with Crippen LogP contribution in [-0.2, 0) is 18.0 Å². The monoisotopic (exact) mass is 453 g/mol. The lowest BCUT2D eigenvalue weighted by molar-refractivity contribution is -0.140. The van der Waals surface area contributed by atoms with Gasteiger partial charge in [0.25, 0.3) is 0 Å². The Labute approximate surface area is 177 Å². The zero-order chi connectivity index (χ0) is 23.0. The number of pyridine rings is 1. The van der Waals surface area contributed by atoms with Crippen molar-refractivity contribution in [2.75, 3.05) is 18.0 Å². The zero-order valence-corrected chi connectivity index (χ0v) is 16.6. The van der Waals surface area contributed by atoms with E-state index in [0.717, 1.165) is 12.8 Å². The van der Waals surface area contributed by atoms with Crippen LogP contribution in [0.5, 0.6) is 5.75 Å². The maximum absolute atomic E-state index is 14.6. The number of alkyl halides is 3. The first kappa shape index (κ1) is 20.6. The van der Waals surface area contributed by atoms with Crippen molar-refractivity contribution in [3.63, 3.8) is 0 Å². The van der Waals surface area contributed by atoms with Gasteiger partial charge in [-0.2, -0.15) is 18.3 Å². The van der Waals surface area contributed by atoms with E-state index in [1.165, 1.54) is 28.9 Å². The molecule has 2 aliphatic rings. The molecule has 0 radical (unpaired) electrons. The summed E-state index contributed by atoms with van der Waals surface area (Å²) in [5.41, 5.74) is -2.96. The number of piperazine rings is 1. The van der Waals surface area contributed by atoms with Gasteiger partial charge in [0.15, 0.2) is 17.4 Å². The normalized spacial score (nSPS) is 18.1. The minimum absolute atomic E-state index is 0.109. The number of rotatable bonds is 2. The highest BCUT2D eigenvalue weighted by atomic mass is 19.4. The molecule has 0 bridgehead atoms. The van der Waals surface area contributed by atoms with Crippen LogP contribution >= 0.6 is 0 Å². The van der Waals surface area contributed by atoms with E-state index in [1.54, 1.807) is 0 Å². The second-order valence-electron chi connectivity index (χ2n) is 7.94. The topological polar surface area (TPSA) is 83.3 Å². The standard InChI is InChI=1S/C20H16F5N5O2/c1-29-12-7-13(30-5-4-27-19(2-3-19)18(30)32)26-8-10(12)16(28-29)9-6-11(20(23,24)25)15(22)17(31)14(9)21/h6-8,27,31H,2-5H2,1H3. The summed E-state index contributed by atoms with van der Waals surface area (Å²) >= 11 is 0. The maximum atomic E-state index is 14.6. The Kier molecular flexibility index (Phi) is 4.26. The van der Waals surface area contributed by atoms with Crippen molar-refractivity contribution in [3.05, 3.63) is 35.5 Å². The van der Waals surface area contributed by atoms with Crippen LogP contribution in [0.2, 0.25) is 0 Å². The molecule has 7 nitrogen and oxygen atoms in total. The molecule has 2 fully saturated rings. The summed E-state index contributed by atoms with van der Waals surface area (Å²) < 4.78 is 69.3. The number of fused-ring (bicyclic) bond motifs is 1. The molecule has 3 heterocycles. The third-order valence-corrected chi connectivity index (χ3v) is 5.94. The van der Waals surface area contributed by atoms with Crippen LogP contribution in [-0.4, -0.2) is 44.4 Å². The Morgan fingerprint density at radius 1 is 1.19 bits per heavy atom. The number of aromatic nitrogens is 3. The third kappa shape index (κ3) is 2.93. The summed E-state index contributed by atoms with van der Waals surface area (Å²) in [6.45, 7) is 0.974. The largest absolute Gasteiger partial charge is 0.503 e. The quantitative estimate of drug-likeness (QED) is 0.583. The van der Waals surface area contributed by atoms with Crippen LogP contribution in [0.4, 0.5) is 27.8 Å². The van der Waals surface area contributed by atoms with Gasteiger partial charge in [-0.25, -0.2) is 13.8 Å². The summed E-state index contributed by atoms with van der Waals surface area (Å²) in [7, 11) is 1.49. The van der Waals surface area contributed by atoms with E-state index in [9.17, 15) is 31.9 Å². The number of anilines is 1. The molecule has 1 aromatic carbocycles. The zero-order valence-electron chi connectivity index (χ0n) is 16.6. The van der Waals surface area contributed by atoms with Crippen LogP contribution in [0.25, 0.3) is 22.2 Å². The first-order valence-electron chi connectivity index (χ1n) is 9.72. The van der Waals surface area contributed by atoms with Gasteiger partial charge in [-0.15, -0.1) is 0 Å². The van der Waals surface area contributed by atoms with Crippen molar-refractivity contribution in [2.45, 2.75) is 24.6 Å². The predicted octanol–water partition coefficient (Wildman–Crippen LogP) is 3.11. The van der Waals surface area contributed by atoms with Gasteiger partial charge >= 0.3 is 6.18 Å². The van der Waals surface area contributed by atoms with Gasteiger partial charge in [-0.3, -0.25) is 14.4 Å². The Balaban J connectivity index is 1.63. The molecule has 5 rings (SSSR count). The minimum atomic E-state index is -5.15. The summed E-state index contributed by atoms with van der Waals surface area (Å²) in [4.78, 5) is 18.6. The van der Waals surface area contributed by atoms with E-state index in [4.69, 9.17) is 0 Å². The van der Waals surface area contributed by atoms with Crippen LogP contribution in [0, 0.1) is 11.6 Å². The van der Waals surface area contributed by atoms with Crippen molar-refractivity contribution in [1.29, 1.82) is 0 Å². The molecule has 3 aromatic rings. The molecule has 1 aliphatic heterocycles. The molecule has 168 valence electrons. The SMILES string of the molecule is Cn1nc(-c2cc(C(F)(F)F)c(F)c(O)c2F)c2cnc(N3CCNC4(CC4)C3=O)cc21. The van der Waals surface area contributed by atoms with Crippen molar-refractivity contribution in [1.82, 2.24) is 20.1 Å². The number of nitrogens with one attached hydrogen (secondary N) is 1. The molecule has 1 aliphatic carbocycles. The number of halogens is 5. The molecule has 2 aromatic heterocycles. The van der Waals surface area contributed by atoms with Crippen LogP contribution in [0.3, 0.4) is 0 Å². The van der Waals surface area contributed by atoms with Gasteiger partial charge in [0.1, 0.15) is 11.5 Å². The minimum Gasteiger partial charge on any atom is -0.503 e. The van der Waals surface area contributed by atoms with Gasteiger partial charge < -0.3 is 10.4 Å². The van der Waals surface area contributed by atoms with E-state index < -0.39 is 40.2 Å². The summed E-state index contributed by atoms with van der Waals surface area (Å²) in [5, 5.41) is 17.1. The lowest BCUT2D eigenvalue weighted by atomic mass is 10.0. The predicted molar refractivity (Wildman–Crippen MR) is 103 cm³/mol. The number of carbonyl (C=O) groups excluding carboxylic acids is 1. The smallest absolute Gasteiger partial charge is 0.419 e. The Hall–Kier alpha value is -3.28. The molecule has 2 N–H and O–H groups in total. The number of phenolic OH excluding ortho intramolecular Hbond substituents is 1. The third-order valence-electron chi connectivity index (χ3n) is 5.94. The molecular formula is C20H16F5N5O2. The molecule has 32 heavy (non-hydrogen) atoms. The highest BCUT2D eigenvalue weighted by molar-refractivity contribution is 6.04. The number of aromatic hydroxyl groups is 1. The van der Waals surface area contributed by atoms with Gasteiger partial charge in [-0.1, -0.05) is 0 Å². The van der Waals surface area contributed by atoms with E-state index >= 15 is 0 Å². The number of phenols is 1. The molecule has 1 amide bonds. The number of carbonyl (C=O) groups is 1. The van der Waals surface area contributed by atoms with E-state index in [2.05, 4.69) is 15.4 Å². The van der Waals surface area contributed by atoms with Crippen molar-refractivity contribution in [3.8, 4) is 17.0 Å². The number of benzene rings is 1. The van der Waals surface area contributed by atoms with Crippen LogP contribution < -0.4 is 10.2 Å². The second kappa shape index (κ2) is 6.61. The van der Waals surface area contributed by atoms with Gasteiger partial charge in [0.05, 0.1) is 16.6 Å². The lowest BCUT2D eigenvalue weighted by Crippen LogP contribution is -2.57. The van der Waals surface area contributed by atoms with Gasteiger partial charge in [0, 0.05) is 43.4 Å². The number of hydrogen-bond donors (Lipinski definition) is 2. The van der Waals surface area contributed by atoms with Crippen LogP contribution in [0.15, 0.2) is 18.3 Å². The first-order valence-corrected chi connectivity index (χ1v) is 9.72. The highest BCUT2D eigenvalue weighted by Crippen LogP contribution is 2.42. The second-order valence-corrected chi connectivity index (χ2v) is 7.94. The molecule has 1 saturated heterocycles. The Morgan fingerprint density at radius 3 is 2.56 bits per heavy atom. The fraction of sp³-hybridized carbons (Fsp3) is 0.350. The number of nitrogens with zero attached hydrogens (tertiary/aromatic N) is 4. The average molecular weight is 453 g/mol. The molecule has 0 unspecified atom stereocenters. The van der Waals surface area contributed by atoms with E-state index in [1.807, 2.05) is 0 Å². The van der Waals surface area contributed by atoms with Gasteiger partial charge in [0.2, 0.25) is 5.91 Å². The van der Waals surface area contributed by atoms with E-state index in [-0.39, 0.29) is 23.1 Å². The molecular weight excluding hydrogens is 437 g/mol. The fourth-order valence-corrected chi connectivity index (χ4v) is 4.07. The van der Waals surface area contributed by atoms with Crippen LogP contribution in [0.1, 0.15) is 18.4 Å². The van der Waals surface area contributed by atoms with Crippen molar-refractivity contribution < 1.29 is 31.9 Å². The number of amides is 1. The molecule has 12 heteroatoms. The van der Waals surface area contributed by atoms with E-state index in [0.29, 0.717) is 24.4 Å². The summed E-state index contributed by atoms with van der Waals surface area (Å²) in [5.74, 6) is -5.16. The Bertz CT molecular complexity index is 1280. The molecule has 0 atom stereocenters. The first-order chi connectivity index (χ1) is 15.0. The molecule has 1 saturated carbocycles. The number of aryl methyl sites for hydroxylation is 1. The summed E-state index contributed by atoms with van der Waals surface area (Å²) in [6, 6.07) is 1.81.